The van der Waals surface area contributed by atoms with Crippen molar-refractivity contribution in [1.82, 2.24) is 10.2 Å². The Morgan fingerprint density at radius 1 is 1.22 bits per heavy atom. The molecule has 3 heteroatoms. The molecule has 1 aromatic rings. The molecule has 2 heterocycles. The van der Waals surface area contributed by atoms with Crippen LogP contribution in [-0.2, 0) is 12.8 Å². The van der Waals surface area contributed by atoms with E-state index in [1.807, 2.05) is 11.8 Å². The fraction of sp³-hybridized carbons (Fsp3) is 0.600. The summed E-state index contributed by atoms with van der Waals surface area (Å²) < 4.78 is 0. The molecule has 0 amide bonds. The van der Waals surface area contributed by atoms with Crippen molar-refractivity contribution < 1.29 is 0 Å². The van der Waals surface area contributed by atoms with E-state index in [0.29, 0.717) is 0 Å². The Bertz CT molecular complexity index is 399. The summed E-state index contributed by atoms with van der Waals surface area (Å²) in [4.78, 5) is 4.11. The Labute approximate surface area is 114 Å². The third kappa shape index (κ3) is 3.08. The molecule has 0 radical (unpaired) electrons. The molecule has 2 aliphatic heterocycles. The molecule has 1 aromatic carbocycles. The first-order valence-corrected chi connectivity index (χ1v) is 8.08. The zero-order valence-corrected chi connectivity index (χ0v) is 11.8. The van der Waals surface area contributed by atoms with Gasteiger partial charge in [-0.15, -0.1) is 11.8 Å². The van der Waals surface area contributed by atoms with Crippen LogP contribution in [-0.4, -0.2) is 43.4 Å². The maximum absolute atomic E-state index is 3.41. The second-order valence-electron chi connectivity index (χ2n) is 5.24. The highest BCUT2D eigenvalue weighted by Gasteiger charge is 2.12. The van der Waals surface area contributed by atoms with Crippen LogP contribution in [0.3, 0.4) is 0 Å². The molecule has 3 rings (SSSR count). The SMILES string of the molecule is c1cc2c(cc1CCN1CCNCC1)SCCC2. The van der Waals surface area contributed by atoms with E-state index in [9.17, 15) is 0 Å². The third-order valence-electron chi connectivity index (χ3n) is 3.91. The van der Waals surface area contributed by atoms with Crippen molar-refractivity contribution in [2.45, 2.75) is 24.2 Å². The van der Waals surface area contributed by atoms with E-state index >= 15 is 0 Å². The van der Waals surface area contributed by atoms with Gasteiger partial charge in [0.25, 0.3) is 0 Å². The number of nitrogens with zero attached hydrogens (tertiary/aromatic N) is 1. The quantitative estimate of drug-likeness (QED) is 0.899. The molecule has 0 aromatic heterocycles. The van der Waals surface area contributed by atoms with Crippen LogP contribution in [0.25, 0.3) is 0 Å². The van der Waals surface area contributed by atoms with Crippen molar-refractivity contribution >= 4 is 11.8 Å². The minimum Gasteiger partial charge on any atom is -0.314 e. The van der Waals surface area contributed by atoms with E-state index in [2.05, 4.69) is 28.4 Å². The van der Waals surface area contributed by atoms with Gasteiger partial charge >= 0.3 is 0 Å². The molecular formula is C15H22N2S. The summed E-state index contributed by atoms with van der Waals surface area (Å²) in [5.41, 5.74) is 3.08. The molecule has 1 N–H and O–H groups in total. The predicted molar refractivity (Wildman–Crippen MR) is 78.5 cm³/mol. The molecule has 0 bridgehead atoms. The number of nitrogens with one attached hydrogen (secondary N) is 1. The largest absolute Gasteiger partial charge is 0.314 e. The highest BCUT2D eigenvalue weighted by molar-refractivity contribution is 7.99. The smallest absolute Gasteiger partial charge is 0.0108 e. The van der Waals surface area contributed by atoms with Gasteiger partial charge in [0.15, 0.2) is 0 Å². The summed E-state index contributed by atoms with van der Waals surface area (Å²) >= 11 is 2.04. The average Bonchev–Trinajstić information content (AvgIpc) is 2.46. The van der Waals surface area contributed by atoms with Crippen LogP contribution in [0.2, 0.25) is 0 Å². The summed E-state index contributed by atoms with van der Waals surface area (Å²) in [6.45, 7) is 5.94. The van der Waals surface area contributed by atoms with Gasteiger partial charge in [0, 0.05) is 37.6 Å². The molecular weight excluding hydrogens is 240 g/mol. The molecule has 1 saturated heterocycles. The lowest BCUT2D eigenvalue weighted by Gasteiger charge is -2.27. The van der Waals surface area contributed by atoms with Crippen molar-refractivity contribution in [3.63, 3.8) is 0 Å². The number of rotatable bonds is 3. The fourth-order valence-corrected chi connectivity index (χ4v) is 3.86. The number of benzene rings is 1. The standard InChI is InChI=1S/C15H22N2S/c1-2-14-4-3-13(12-15(14)18-11-1)5-8-17-9-6-16-7-10-17/h3-4,12,16H,1-2,5-11H2. The van der Waals surface area contributed by atoms with E-state index < -0.39 is 0 Å². The number of fused-ring (bicyclic) bond motifs is 1. The Hall–Kier alpha value is -0.510. The Kier molecular flexibility index (Phi) is 4.24. The summed E-state index contributed by atoms with van der Waals surface area (Å²) in [6, 6.07) is 7.13. The first-order chi connectivity index (χ1) is 8.92. The van der Waals surface area contributed by atoms with E-state index in [-0.39, 0.29) is 0 Å². The topological polar surface area (TPSA) is 15.3 Å². The van der Waals surface area contributed by atoms with E-state index in [1.54, 1.807) is 10.5 Å². The van der Waals surface area contributed by atoms with E-state index in [1.165, 1.54) is 50.2 Å². The van der Waals surface area contributed by atoms with Crippen molar-refractivity contribution in [1.29, 1.82) is 0 Å². The zero-order chi connectivity index (χ0) is 12.2. The van der Waals surface area contributed by atoms with Crippen LogP contribution in [0.4, 0.5) is 0 Å². The van der Waals surface area contributed by atoms with Crippen molar-refractivity contribution in [3.05, 3.63) is 29.3 Å². The normalized spacial score (nSPS) is 20.7. The van der Waals surface area contributed by atoms with Gasteiger partial charge in [-0.1, -0.05) is 12.1 Å². The van der Waals surface area contributed by atoms with Gasteiger partial charge in [0.1, 0.15) is 0 Å². The zero-order valence-electron chi connectivity index (χ0n) is 11.0. The number of piperazine rings is 1. The molecule has 0 atom stereocenters. The lowest BCUT2D eigenvalue weighted by molar-refractivity contribution is 0.244. The summed E-state index contributed by atoms with van der Waals surface area (Å²) in [7, 11) is 0. The van der Waals surface area contributed by atoms with Gasteiger partial charge in [-0.25, -0.2) is 0 Å². The second-order valence-corrected chi connectivity index (χ2v) is 6.37. The van der Waals surface area contributed by atoms with Gasteiger partial charge in [-0.05, 0) is 42.2 Å². The second kappa shape index (κ2) is 6.09. The van der Waals surface area contributed by atoms with Crippen LogP contribution in [0.5, 0.6) is 0 Å². The Morgan fingerprint density at radius 3 is 3.00 bits per heavy atom. The van der Waals surface area contributed by atoms with Gasteiger partial charge in [0.2, 0.25) is 0 Å². The predicted octanol–water partition coefficient (Wildman–Crippen LogP) is 2.17. The summed E-state index contributed by atoms with van der Waals surface area (Å²) in [5, 5.41) is 3.41. The minimum absolute atomic E-state index is 1.15. The van der Waals surface area contributed by atoms with Gasteiger partial charge < -0.3 is 10.2 Å². The minimum atomic E-state index is 1.15. The number of hydrogen-bond donors (Lipinski definition) is 1. The molecule has 2 nitrogen and oxygen atoms in total. The monoisotopic (exact) mass is 262 g/mol. The van der Waals surface area contributed by atoms with Crippen LogP contribution >= 0.6 is 11.8 Å². The number of thioether (sulfide) groups is 1. The average molecular weight is 262 g/mol. The summed E-state index contributed by atoms with van der Waals surface area (Å²) in [5.74, 6) is 1.30. The van der Waals surface area contributed by atoms with Gasteiger partial charge in [-0.3, -0.25) is 0 Å². The maximum Gasteiger partial charge on any atom is 0.0108 e. The lowest BCUT2D eigenvalue weighted by Crippen LogP contribution is -2.44. The van der Waals surface area contributed by atoms with Crippen LogP contribution in [0.15, 0.2) is 23.1 Å². The molecule has 98 valence electrons. The lowest BCUT2D eigenvalue weighted by atomic mass is 10.1. The fourth-order valence-electron chi connectivity index (χ4n) is 2.76. The van der Waals surface area contributed by atoms with Crippen molar-refractivity contribution in [2.24, 2.45) is 0 Å². The summed E-state index contributed by atoms with van der Waals surface area (Å²) in [6.07, 6.45) is 3.83. The first kappa shape index (κ1) is 12.5. The maximum atomic E-state index is 3.41. The molecule has 18 heavy (non-hydrogen) atoms. The van der Waals surface area contributed by atoms with Crippen molar-refractivity contribution in [2.75, 3.05) is 38.5 Å². The highest BCUT2D eigenvalue weighted by atomic mass is 32.2. The Morgan fingerprint density at radius 2 is 2.11 bits per heavy atom. The molecule has 0 unspecified atom stereocenters. The van der Waals surface area contributed by atoms with Gasteiger partial charge in [0.05, 0.1) is 0 Å². The molecule has 0 spiro atoms. The van der Waals surface area contributed by atoms with E-state index in [0.717, 1.165) is 13.1 Å². The number of aryl methyl sites for hydroxylation is 1. The highest BCUT2D eigenvalue weighted by Crippen LogP contribution is 2.30. The van der Waals surface area contributed by atoms with Crippen LogP contribution < -0.4 is 5.32 Å². The van der Waals surface area contributed by atoms with Crippen molar-refractivity contribution in [3.8, 4) is 0 Å². The number of hydrogen-bond acceptors (Lipinski definition) is 3. The molecule has 1 fully saturated rings. The van der Waals surface area contributed by atoms with Crippen LogP contribution in [0, 0.1) is 0 Å². The molecule has 2 aliphatic rings. The van der Waals surface area contributed by atoms with Crippen LogP contribution in [0.1, 0.15) is 17.5 Å². The van der Waals surface area contributed by atoms with E-state index in [4.69, 9.17) is 0 Å². The van der Waals surface area contributed by atoms with Gasteiger partial charge in [-0.2, -0.15) is 0 Å². The third-order valence-corrected chi connectivity index (χ3v) is 5.09. The molecule has 0 aliphatic carbocycles. The Balaban J connectivity index is 1.58. The first-order valence-electron chi connectivity index (χ1n) is 7.09. The molecule has 0 saturated carbocycles.